The number of hydrogen-bond donors (Lipinski definition) is 2. The van der Waals surface area contributed by atoms with Gasteiger partial charge in [-0.2, -0.15) is 0 Å². The summed E-state index contributed by atoms with van der Waals surface area (Å²) < 4.78 is 15.1. The van der Waals surface area contributed by atoms with E-state index in [0.29, 0.717) is 17.9 Å². The van der Waals surface area contributed by atoms with Gasteiger partial charge in [0, 0.05) is 48.2 Å². The molecule has 158 valence electrons. The van der Waals surface area contributed by atoms with Crippen molar-refractivity contribution >= 4 is 17.4 Å². The molecule has 0 fully saturated rings. The first-order valence-corrected chi connectivity index (χ1v) is 10.1. The molecule has 4 rings (SSSR count). The average molecular weight is 418 g/mol. The average Bonchev–Trinajstić information content (AvgIpc) is 2.85. The van der Waals surface area contributed by atoms with Crippen LogP contribution in [-0.4, -0.2) is 22.9 Å². The molecule has 1 aliphatic rings. The van der Waals surface area contributed by atoms with E-state index < -0.39 is 0 Å². The number of rotatable bonds is 3. The Balaban J connectivity index is 1.94. The Morgan fingerprint density at radius 3 is 2.55 bits per heavy atom. The molecule has 2 N–H and O–H groups in total. The van der Waals surface area contributed by atoms with E-state index in [2.05, 4.69) is 10.6 Å². The fourth-order valence-corrected chi connectivity index (χ4v) is 3.77. The van der Waals surface area contributed by atoms with Crippen LogP contribution in [0.5, 0.6) is 0 Å². The molecule has 2 aromatic carbocycles. The number of halogens is 1. The Morgan fingerprint density at radius 2 is 1.84 bits per heavy atom. The predicted molar refractivity (Wildman–Crippen MR) is 120 cm³/mol. The Kier molecular flexibility index (Phi) is 5.42. The van der Waals surface area contributed by atoms with E-state index in [9.17, 15) is 14.0 Å². The van der Waals surface area contributed by atoms with Crippen LogP contribution in [0, 0.1) is 5.82 Å². The Labute approximate surface area is 179 Å². The minimum absolute atomic E-state index is 0.121. The zero-order valence-electron chi connectivity index (χ0n) is 17.6. The van der Waals surface area contributed by atoms with Gasteiger partial charge in [-0.1, -0.05) is 6.07 Å². The van der Waals surface area contributed by atoms with E-state index in [-0.39, 0.29) is 23.4 Å². The molecule has 0 spiro atoms. The molecule has 2 heterocycles. The van der Waals surface area contributed by atoms with Gasteiger partial charge in [-0.05, 0) is 61.4 Å². The lowest BCUT2D eigenvalue weighted by atomic mass is 9.92. The molecule has 1 aliphatic heterocycles. The Bertz CT molecular complexity index is 1250. The van der Waals surface area contributed by atoms with Crippen LogP contribution >= 0.6 is 0 Å². The molecule has 7 heteroatoms. The highest BCUT2D eigenvalue weighted by molar-refractivity contribution is 6.17. The zero-order valence-corrected chi connectivity index (χ0v) is 17.6. The lowest BCUT2D eigenvalue weighted by molar-refractivity contribution is 0.252. The fourth-order valence-electron chi connectivity index (χ4n) is 3.77. The number of carbonyl (C=O) groups excluding carboxylic acids is 1. The third-order valence-electron chi connectivity index (χ3n) is 5.31. The summed E-state index contributed by atoms with van der Waals surface area (Å²) in [5, 5.41) is 5.55. The quantitative estimate of drug-likeness (QED) is 0.667. The summed E-state index contributed by atoms with van der Waals surface area (Å²) in [5.74, 6) is -0.320. The van der Waals surface area contributed by atoms with E-state index in [1.54, 1.807) is 31.4 Å². The van der Waals surface area contributed by atoms with Crippen LogP contribution < -0.4 is 16.2 Å². The number of anilines is 1. The number of aliphatic imine (C=N–C) groups is 1. The molecular formula is C24H23FN4O2. The van der Waals surface area contributed by atoms with Gasteiger partial charge in [0.05, 0.1) is 11.8 Å². The molecule has 0 bridgehead atoms. The number of carbonyl (C=O) groups is 1. The molecule has 0 aliphatic carbocycles. The smallest absolute Gasteiger partial charge is 0.319 e. The molecule has 1 atom stereocenters. The number of benzene rings is 2. The highest BCUT2D eigenvalue weighted by Gasteiger charge is 2.24. The minimum Gasteiger partial charge on any atom is -0.338 e. The summed E-state index contributed by atoms with van der Waals surface area (Å²) >= 11 is 0. The van der Waals surface area contributed by atoms with Gasteiger partial charge in [-0.15, -0.1) is 0 Å². The van der Waals surface area contributed by atoms with Crippen LogP contribution in [0.1, 0.15) is 36.6 Å². The van der Waals surface area contributed by atoms with E-state index >= 15 is 0 Å². The maximum atomic E-state index is 13.5. The van der Waals surface area contributed by atoms with Crippen molar-refractivity contribution in [3.63, 3.8) is 0 Å². The molecule has 0 saturated carbocycles. The Morgan fingerprint density at radius 1 is 1.10 bits per heavy atom. The van der Waals surface area contributed by atoms with Crippen molar-refractivity contribution in [1.82, 2.24) is 9.88 Å². The van der Waals surface area contributed by atoms with E-state index in [0.717, 1.165) is 27.8 Å². The lowest BCUT2D eigenvalue weighted by Gasteiger charge is -2.15. The molecule has 1 aromatic heterocycles. The summed E-state index contributed by atoms with van der Waals surface area (Å²) in [4.78, 5) is 29.3. The van der Waals surface area contributed by atoms with Crippen molar-refractivity contribution in [3.8, 4) is 11.1 Å². The summed E-state index contributed by atoms with van der Waals surface area (Å²) in [6, 6.07) is 12.8. The topological polar surface area (TPSA) is 75.5 Å². The highest BCUT2D eigenvalue weighted by atomic mass is 19.1. The number of amides is 2. The lowest BCUT2D eigenvalue weighted by Crippen LogP contribution is -2.28. The number of aromatic nitrogens is 1. The van der Waals surface area contributed by atoms with Gasteiger partial charge >= 0.3 is 6.03 Å². The molecular weight excluding hydrogens is 395 g/mol. The van der Waals surface area contributed by atoms with Gasteiger partial charge in [-0.25, -0.2) is 9.18 Å². The summed E-state index contributed by atoms with van der Waals surface area (Å²) in [7, 11) is 1.70. The number of nitrogens with one attached hydrogen (secondary N) is 2. The number of hydrogen-bond acceptors (Lipinski definition) is 3. The van der Waals surface area contributed by atoms with Crippen molar-refractivity contribution < 1.29 is 9.18 Å². The summed E-state index contributed by atoms with van der Waals surface area (Å²) in [6.45, 7) is 4.29. The molecule has 0 unspecified atom stereocenters. The monoisotopic (exact) mass is 418 g/mol. The summed E-state index contributed by atoms with van der Waals surface area (Å²) in [6.07, 6.45) is 1.80. The standard InChI is InChI=1S/C24H23FN4O2/c1-4-26-24(31)28-17-9-10-18-20(11-17)21-13-29(3)22(30)12-19(21)14(2)27-23(18)15-5-7-16(25)8-6-15/h5-14H,4H2,1-3H3,(H2,26,28,31)/t14-/m0/s1. The van der Waals surface area contributed by atoms with Crippen LogP contribution in [0.15, 0.2) is 64.5 Å². The van der Waals surface area contributed by atoms with Crippen molar-refractivity contribution in [2.45, 2.75) is 19.9 Å². The van der Waals surface area contributed by atoms with Gasteiger partial charge in [-0.3, -0.25) is 9.79 Å². The Hall–Kier alpha value is -3.74. The van der Waals surface area contributed by atoms with Crippen LogP contribution in [0.4, 0.5) is 14.9 Å². The van der Waals surface area contributed by atoms with Crippen molar-refractivity contribution in [2.24, 2.45) is 12.0 Å². The molecule has 31 heavy (non-hydrogen) atoms. The fraction of sp³-hybridized carbons (Fsp3) is 0.208. The van der Waals surface area contributed by atoms with Gasteiger partial charge in [0.15, 0.2) is 0 Å². The SMILES string of the molecule is CCNC(=O)Nc1ccc2c(c1)-c1cn(C)c(=O)cc1[C@H](C)N=C2c1ccc(F)cc1. The zero-order chi connectivity index (χ0) is 22.1. The first-order valence-electron chi connectivity index (χ1n) is 10.1. The van der Waals surface area contributed by atoms with Gasteiger partial charge < -0.3 is 15.2 Å². The first kappa shape index (κ1) is 20.5. The number of nitrogens with zero attached hydrogens (tertiary/aromatic N) is 2. The highest BCUT2D eigenvalue weighted by Crippen LogP contribution is 2.38. The number of pyridine rings is 1. The summed E-state index contributed by atoms with van der Waals surface area (Å²) in [5.41, 5.74) is 5.34. The third kappa shape index (κ3) is 3.99. The second kappa shape index (κ2) is 8.18. The van der Waals surface area contributed by atoms with Gasteiger partial charge in [0.2, 0.25) is 0 Å². The molecule has 3 aromatic rings. The van der Waals surface area contributed by atoms with Crippen molar-refractivity contribution in [3.05, 3.63) is 87.6 Å². The van der Waals surface area contributed by atoms with Crippen molar-refractivity contribution in [2.75, 3.05) is 11.9 Å². The van der Waals surface area contributed by atoms with Crippen LogP contribution in [0.3, 0.4) is 0 Å². The minimum atomic E-state index is -0.320. The molecule has 0 radical (unpaired) electrons. The first-order chi connectivity index (χ1) is 14.9. The maximum Gasteiger partial charge on any atom is 0.319 e. The predicted octanol–water partition coefficient (Wildman–Crippen LogP) is 4.24. The van der Waals surface area contributed by atoms with E-state index in [1.807, 2.05) is 32.0 Å². The molecule has 6 nitrogen and oxygen atoms in total. The third-order valence-corrected chi connectivity index (χ3v) is 5.31. The van der Waals surface area contributed by atoms with Gasteiger partial charge in [0.1, 0.15) is 5.82 Å². The van der Waals surface area contributed by atoms with Crippen LogP contribution in [-0.2, 0) is 7.05 Å². The normalized spacial score (nSPS) is 14.7. The van der Waals surface area contributed by atoms with Crippen LogP contribution in [0.25, 0.3) is 11.1 Å². The molecule has 2 amide bonds. The number of urea groups is 1. The number of aryl methyl sites for hydroxylation is 1. The maximum absolute atomic E-state index is 13.5. The second-order valence-corrected chi connectivity index (χ2v) is 7.50. The number of fused-ring (bicyclic) bond motifs is 3. The second-order valence-electron chi connectivity index (χ2n) is 7.50. The molecule has 0 saturated heterocycles. The van der Waals surface area contributed by atoms with Crippen molar-refractivity contribution in [1.29, 1.82) is 0 Å². The van der Waals surface area contributed by atoms with Crippen LogP contribution in [0.2, 0.25) is 0 Å². The largest absolute Gasteiger partial charge is 0.338 e. The van der Waals surface area contributed by atoms with E-state index in [4.69, 9.17) is 4.99 Å². The van der Waals surface area contributed by atoms with Gasteiger partial charge in [0.25, 0.3) is 5.56 Å². The van der Waals surface area contributed by atoms with E-state index in [1.165, 1.54) is 16.7 Å².